The van der Waals surface area contributed by atoms with Crippen molar-refractivity contribution in [3.63, 3.8) is 0 Å². The summed E-state index contributed by atoms with van der Waals surface area (Å²) in [6.45, 7) is 4.49. The lowest BCUT2D eigenvalue weighted by atomic mass is 10.1. The first-order chi connectivity index (χ1) is 17.0. The number of aliphatic hydroxyl groups excluding tert-OH is 1. The van der Waals surface area contributed by atoms with Gasteiger partial charge in [0.25, 0.3) is 0 Å². The molecule has 35 heavy (non-hydrogen) atoms. The van der Waals surface area contributed by atoms with E-state index in [-0.39, 0.29) is 6.61 Å². The van der Waals surface area contributed by atoms with Gasteiger partial charge in [-0.05, 0) is 48.7 Å². The van der Waals surface area contributed by atoms with E-state index in [9.17, 15) is 9.90 Å². The number of benzene rings is 2. The van der Waals surface area contributed by atoms with Gasteiger partial charge >= 0.3 is 5.97 Å². The minimum absolute atomic E-state index is 0.173. The highest BCUT2D eigenvalue weighted by atomic mass is 32.1. The molecule has 2 aromatic carbocycles. The van der Waals surface area contributed by atoms with Crippen molar-refractivity contribution >= 4 is 17.3 Å². The van der Waals surface area contributed by atoms with Crippen LogP contribution in [0.15, 0.2) is 65.2 Å². The molecule has 2 heterocycles. The molecule has 0 aliphatic rings. The first kappa shape index (κ1) is 24.7. The highest BCUT2D eigenvalue weighted by Crippen LogP contribution is 2.33. The van der Waals surface area contributed by atoms with Crippen LogP contribution in [0.3, 0.4) is 0 Å². The van der Waals surface area contributed by atoms with Gasteiger partial charge in [0.15, 0.2) is 11.9 Å². The van der Waals surface area contributed by atoms with Gasteiger partial charge < -0.3 is 24.2 Å². The number of aryl methyl sites for hydroxylation is 1. The van der Waals surface area contributed by atoms with Gasteiger partial charge in [-0.1, -0.05) is 41.6 Å². The van der Waals surface area contributed by atoms with Crippen molar-refractivity contribution in [2.75, 3.05) is 6.61 Å². The van der Waals surface area contributed by atoms with E-state index in [1.165, 1.54) is 0 Å². The Morgan fingerprint density at radius 3 is 2.43 bits per heavy atom. The van der Waals surface area contributed by atoms with Crippen LogP contribution in [-0.2, 0) is 29.2 Å². The molecule has 8 heteroatoms. The van der Waals surface area contributed by atoms with E-state index in [0.29, 0.717) is 31.1 Å². The van der Waals surface area contributed by atoms with Crippen molar-refractivity contribution < 1.29 is 29.0 Å². The Kier molecular flexibility index (Phi) is 7.97. The van der Waals surface area contributed by atoms with Gasteiger partial charge in [-0.15, -0.1) is 11.3 Å². The maximum absolute atomic E-state index is 11.3. The molecule has 0 spiro atoms. The molecule has 0 radical (unpaired) electrons. The predicted molar refractivity (Wildman–Crippen MR) is 133 cm³/mol. The minimum Gasteiger partial charge on any atom is -0.488 e. The number of nitrogens with zero attached hydrogens (tertiary/aromatic N) is 1. The molecular weight excluding hydrogens is 466 g/mol. The van der Waals surface area contributed by atoms with Crippen LogP contribution in [0.2, 0.25) is 0 Å². The molecule has 2 N–H and O–H groups in total. The van der Waals surface area contributed by atoms with Crippen LogP contribution in [0, 0.1) is 6.92 Å². The lowest BCUT2D eigenvalue weighted by Crippen LogP contribution is -2.26. The molecule has 4 rings (SSSR count). The summed E-state index contributed by atoms with van der Waals surface area (Å²) in [7, 11) is 0. The second kappa shape index (κ2) is 11.3. The third kappa shape index (κ3) is 6.16. The minimum atomic E-state index is -0.959. The van der Waals surface area contributed by atoms with E-state index < -0.39 is 12.1 Å². The molecule has 182 valence electrons. The molecule has 2 aromatic heterocycles. The average molecular weight is 494 g/mol. The standard InChI is InChI=1S/C27H27NO6S/c1-3-32-24(27(30)31)13-18-4-10-21(11-5-18)33-16-26-17(2)12-25(35-26)20-8-6-19(7-9-20)23-14-22(15-29)34-28-23/h4-12,14,24,29H,3,13,15-16H2,1-2H3,(H,30,31)/t24-/m0/s1. The second-order valence-corrected chi connectivity index (χ2v) is 9.19. The first-order valence-corrected chi connectivity index (χ1v) is 12.1. The van der Waals surface area contributed by atoms with Crippen LogP contribution in [0.5, 0.6) is 5.75 Å². The van der Waals surface area contributed by atoms with E-state index in [4.69, 9.17) is 19.1 Å². The van der Waals surface area contributed by atoms with Gasteiger partial charge in [0, 0.05) is 34.4 Å². The fourth-order valence-corrected chi connectivity index (χ4v) is 4.73. The van der Waals surface area contributed by atoms with Gasteiger partial charge in [-0.2, -0.15) is 0 Å². The number of carboxylic acids is 1. The number of aliphatic carboxylic acids is 1. The van der Waals surface area contributed by atoms with E-state index in [1.54, 1.807) is 24.3 Å². The van der Waals surface area contributed by atoms with Crippen LogP contribution < -0.4 is 4.74 Å². The normalized spacial score (nSPS) is 12.0. The summed E-state index contributed by atoms with van der Waals surface area (Å²) >= 11 is 1.69. The van der Waals surface area contributed by atoms with E-state index >= 15 is 0 Å². The molecule has 1 atom stereocenters. The Morgan fingerprint density at radius 2 is 1.80 bits per heavy atom. The SMILES string of the molecule is CCO[C@@H](Cc1ccc(OCc2sc(-c3ccc(-c4cc(CO)on4)cc3)cc2C)cc1)C(=O)O. The topological polar surface area (TPSA) is 102 Å². The summed E-state index contributed by atoms with van der Waals surface area (Å²) in [5, 5.41) is 22.4. The van der Waals surface area contributed by atoms with Gasteiger partial charge in [0.1, 0.15) is 24.7 Å². The van der Waals surface area contributed by atoms with Gasteiger partial charge in [0.2, 0.25) is 0 Å². The Hall–Kier alpha value is -3.46. The number of hydrogen-bond acceptors (Lipinski definition) is 7. The fraction of sp³-hybridized carbons (Fsp3) is 0.259. The van der Waals surface area contributed by atoms with E-state index in [0.717, 1.165) is 37.8 Å². The van der Waals surface area contributed by atoms with E-state index in [1.807, 2.05) is 48.5 Å². The van der Waals surface area contributed by atoms with Gasteiger partial charge in [-0.25, -0.2) is 4.79 Å². The quantitative estimate of drug-likeness (QED) is 0.285. The number of aromatic nitrogens is 1. The number of thiophene rings is 1. The molecule has 0 fully saturated rings. The molecule has 0 aliphatic heterocycles. The molecular formula is C27H27NO6S. The Morgan fingerprint density at radius 1 is 1.09 bits per heavy atom. The molecule has 4 aromatic rings. The third-order valence-electron chi connectivity index (χ3n) is 5.56. The van der Waals surface area contributed by atoms with Gasteiger partial charge in [0.05, 0.1) is 0 Å². The van der Waals surface area contributed by atoms with Crippen molar-refractivity contribution in [2.45, 2.75) is 39.6 Å². The maximum atomic E-state index is 11.3. The smallest absolute Gasteiger partial charge is 0.333 e. The molecule has 0 unspecified atom stereocenters. The van der Waals surface area contributed by atoms with Crippen molar-refractivity contribution in [1.82, 2.24) is 5.16 Å². The lowest BCUT2D eigenvalue weighted by molar-refractivity contribution is -0.149. The van der Waals surface area contributed by atoms with Crippen molar-refractivity contribution in [2.24, 2.45) is 0 Å². The van der Waals surface area contributed by atoms with Crippen molar-refractivity contribution in [3.8, 4) is 27.4 Å². The number of rotatable bonds is 11. The maximum Gasteiger partial charge on any atom is 0.333 e. The lowest BCUT2D eigenvalue weighted by Gasteiger charge is -2.13. The second-order valence-electron chi connectivity index (χ2n) is 8.05. The molecule has 0 saturated heterocycles. The molecule has 0 bridgehead atoms. The fourth-order valence-electron chi connectivity index (χ4n) is 3.64. The number of ether oxygens (including phenoxy) is 2. The number of carboxylic acid groups (broad SMARTS) is 1. The van der Waals surface area contributed by atoms with Crippen LogP contribution in [0.4, 0.5) is 0 Å². The Labute approximate surface area is 207 Å². The summed E-state index contributed by atoms with van der Waals surface area (Å²) in [4.78, 5) is 13.6. The monoisotopic (exact) mass is 493 g/mol. The Balaban J connectivity index is 1.38. The zero-order valence-corrected chi connectivity index (χ0v) is 20.4. The summed E-state index contributed by atoms with van der Waals surface area (Å²) in [6.07, 6.45) is -0.531. The molecule has 7 nitrogen and oxygen atoms in total. The molecule has 0 saturated carbocycles. The number of aliphatic hydroxyl groups is 1. The zero-order valence-electron chi connectivity index (χ0n) is 19.6. The number of carbonyl (C=O) groups is 1. The van der Waals surface area contributed by atoms with Crippen molar-refractivity contribution in [1.29, 1.82) is 0 Å². The zero-order chi connectivity index (χ0) is 24.8. The summed E-state index contributed by atoms with van der Waals surface area (Å²) < 4.78 is 16.3. The average Bonchev–Trinajstić information content (AvgIpc) is 3.50. The summed E-state index contributed by atoms with van der Waals surface area (Å²) in [6, 6.07) is 19.4. The largest absolute Gasteiger partial charge is 0.488 e. The highest BCUT2D eigenvalue weighted by Gasteiger charge is 2.18. The van der Waals surface area contributed by atoms with E-state index in [2.05, 4.69) is 18.1 Å². The highest BCUT2D eigenvalue weighted by molar-refractivity contribution is 7.15. The van der Waals surface area contributed by atoms with Crippen molar-refractivity contribution in [3.05, 3.63) is 82.4 Å². The third-order valence-corrected chi connectivity index (χ3v) is 6.82. The summed E-state index contributed by atoms with van der Waals surface area (Å²) in [5.74, 6) is 0.206. The van der Waals surface area contributed by atoms with Crippen LogP contribution in [0.1, 0.15) is 28.7 Å². The number of hydrogen-bond donors (Lipinski definition) is 2. The van der Waals surface area contributed by atoms with Gasteiger partial charge in [-0.3, -0.25) is 0 Å². The Bertz CT molecular complexity index is 1260. The van der Waals surface area contributed by atoms with Crippen LogP contribution in [0.25, 0.3) is 21.7 Å². The molecule has 0 aliphatic carbocycles. The summed E-state index contributed by atoms with van der Waals surface area (Å²) in [5.41, 5.74) is 4.77. The first-order valence-electron chi connectivity index (χ1n) is 11.3. The van der Waals surface area contributed by atoms with Crippen LogP contribution in [-0.4, -0.2) is 34.0 Å². The molecule has 0 amide bonds. The predicted octanol–water partition coefficient (Wildman–Crippen LogP) is 5.48. The van der Waals surface area contributed by atoms with Crippen LogP contribution >= 0.6 is 11.3 Å².